The zero-order valence-electron chi connectivity index (χ0n) is 13.2. The van der Waals surface area contributed by atoms with Crippen LogP contribution in [0.4, 0.5) is 18.9 Å². The number of rotatable bonds is 4. The summed E-state index contributed by atoms with van der Waals surface area (Å²) in [4.78, 5) is 1.75. The maximum atomic E-state index is 12.6. The standard InChI is InChI=1S/C17H17F3N2OS/c1-22(11-12-6-8-13(9-7-12)17(18,19)20)16(24)21-14-4-3-5-15(10-14)23-2/h3-10H,11H2,1-2H3,(H,21,24). The maximum absolute atomic E-state index is 12.6. The fourth-order valence-electron chi connectivity index (χ4n) is 2.06. The van der Waals surface area contributed by atoms with Gasteiger partial charge in [-0.3, -0.25) is 0 Å². The van der Waals surface area contributed by atoms with E-state index in [2.05, 4.69) is 5.32 Å². The summed E-state index contributed by atoms with van der Waals surface area (Å²) < 4.78 is 42.8. The lowest BCUT2D eigenvalue weighted by Crippen LogP contribution is -2.30. The Labute approximate surface area is 144 Å². The van der Waals surface area contributed by atoms with E-state index >= 15 is 0 Å². The Hall–Kier alpha value is -2.28. The maximum Gasteiger partial charge on any atom is 0.416 e. The van der Waals surface area contributed by atoms with Crippen molar-refractivity contribution in [3.8, 4) is 5.75 Å². The number of hydrogen-bond acceptors (Lipinski definition) is 2. The topological polar surface area (TPSA) is 24.5 Å². The highest BCUT2D eigenvalue weighted by Crippen LogP contribution is 2.29. The van der Waals surface area contributed by atoms with Crippen LogP contribution in [0.5, 0.6) is 5.75 Å². The summed E-state index contributed by atoms with van der Waals surface area (Å²) >= 11 is 5.32. The van der Waals surface area contributed by atoms with Gasteiger partial charge in [-0.1, -0.05) is 18.2 Å². The highest BCUT2D eigenvalue weighted by Gasteiger charge is 2.29. The van der Waals surface area contributed by atoms with Gasteiger partial charge in [0.05, 0.1) is 12.7 Å². The van der Waals surface area contributed by atoms with Gasteiger partial charge in [0.15, 0.2) is 5.11 Å². The van der Waals surface area contributed by atoms with Crippen molar-refractivity contribution in [1.82, 2.24) is 4.90 Å². The molecule has 0 spiro atoms. The Kier molecular flexibility index (Phi) is 5.66. The molecule has 0 aliphatic carbocycles. The van der Waals surface area contributed by atoms with Crippen molar-refractivity contribution in [3.63, 3.8) is 0 Å². The van der Waals surface area contributed by atoms with Gasteiger partial charge in [-0.15, -0.1) is 0 Å². The molecule has 24 heavy (non-hydrogen) atoms. The smallest absolute Gasteiger partial charge is 0.416 e. The summed E-state index contributed by atoms with van der Waals surface area (Å²) in [6.07, 6.45) is -4.33. The number of methoxy groups -OCH3 is 1. The number of alkyl halides is 3. The van der Waals surface area contributed by atoms with E-state index in [9.17, 15) is 13.2 Å². The van der Waals surface area contributed by atoms with Gasteiger partial charge in [0.2, 0.25) is 0 Å². The van der Waals surface area contributed by atoms with Gasteiger partial charge in [-0.25, -0.2) is 0 Å². The minimum absolute atomic E-state index is 0.397. The zero-order chi connectivity index (χ0) is 17.7. The third kappa shape index (κ3) is 4.86. The zero-order valence-corrected chi connectivity index (χ0v) is 14.0. The minimum atomic E-state index is -4.33. The SMILES string of the molecule is COc1cccc(NC(=S)N(C)Cc2ccc(C(F)(F)F)cc2)c1. The quantitative estimate of drug-likeness (QED) is 0.815. The second-order valence-electron chi connectivity index (χ2n) is 5.21. The van der Waals surface area contributed by atoms with Gasteiger partial charge in [0, 0.05) is 25.3 Å². The van der Waals surface area contributed by atoms with E-state index in [-0.39, 0.29) is 0 Å². The molecule has 0 saturated heterocycles. The van der Waals surface area contributed by atoms with Crippen molar-refractivity contribution in [2.45, 2.75) is 12.7 Å². The van der Waals surface area contributed by atoms with Crippen LogP contribution in [0.2, 0.25) is 0 Å². The van der Waals surface area contributed by atoms with Crippen LogP contribution in [0.1, 0.15) is 11.1 Å². The highest BCUT2D eigenvalue weighted by atomic mass is 32.1. The molecule has 0 unspecified atom stereocenters. The van der Waals surface area contributed by atoms with E-state index in [1.54, 1.807) is 25.1 Å². The van der Waals surface area contributed by atoms with E-state index in [4.69, 9.17) is 17.0 Å². The Balaban J connectivity index is 1.98. The molecule has 0 aromatic heterocycles. The Morgan fingerprint density at radius 2 is 1.83 bits per heavy atom. The summed E-state index contributed by atoms with van der Waals surface area (Å²) in [7, 11) is 3.35. The minimum Gasteiger partial charge on any atom is -0.497 e. The molecule has 7 heteroatoms. The van der Waals surface area contributed by atoms with Crippen molar-refractivity contribution >= 4 is 23.0 Å². The van der Waals surface area contributed by atoms with E-state index in [1.165, 1.54) is 12.1 Å². The number of hydrogen-bond donors (Lipinski definition) is 1. The summed E-state index contributed by atoms with van der Waals surface area (Å²) in [5, 5.41) is 3.53. The molecule has 0 heterocycles. The number of anilines is 1. The lowest BCUT2D eigenvalue weighted by molar-refractivity contribution is -0.137. The molecule has 0 amide bonds. The van der Waals surface area contributed by atoms with Gasteiger partial charge < -0.3 is 15.0 Å². The molecule has 2 aromatic rings. The second-order valence-corrected chi connectivity index (χ2v) is 5.60. The molecule has 2 rings (SSSR count). The van der Waals surface area contributed by atoms with Crippen LogP contribution >= 0.6 is 12.2 Å². The molecule has 0 atom stereocenters. The molecule has 0 aliphatic heterocycles. The first-order valence-corrected chi connectivity index (χ1v) is 7.53. The number of ether oxygens (including phenoxy) is 1. The van der Waals surface area contributed by atoms with E-state index < -0.39 is 11.7 Å². The van der Waals surface area contributed by atoms with Crippen molar-refractivity contribution in [1.29, 1.82) is 0 Å². The van der Waals surface area contributed by atoms with Crippen LogP contribution in [-0.2, 0) is 12.7 Å². The van der Waals surface area contributed by atoms with Crippen LogP contribution in [0.25, 0.3) is 0 Å². The fraction of sp³-hybridized carbons (Fsp3) is 0.235. The van der Waals surface area contributed by atoms with Crippen LogP contribution in [0, 0.1) is 0 Å². The summed E-state index contributed by atoms with van der Waals surface area (Å²) in [5.74, 6) is 0.702. The number of benzene rings is 2. The molecule has 0 radical (unpaired) electrons. The van der Waals surface area contributed by atoms with Gasteiger partial charge in [-0.2, -0.15) is 13.2 Å². The average Bonchev–Trinajstić information content (AvgIpc) is 2.54. The molecule has 0 bridgehead atoms. The van der Waals surface area contributed by atoms with E-state index in [0.717, 1.165) is 23.4 Å². The van der Waals surface area contributed by atoms with Crippen LogP contribution in [0.3, 0.4) is 0 Å². The van der Waals surface area contributed by atoms with Gasteiger partial charge >= 0.3 is 6.18 Å². The van der Waals surface area contributed by atoms with Crippen molar-refractivity contribution in [2.24, 2.45) is 0 Å². The molecule has 128 valence electrons. The summed E-state index contributed by atoms with van der Waals surface area (Å²) in [6.45, 7) is 0.397. The second kappa shape index (κ2) is 7.53. The largest absolute Gasteiger partial charge is 0.497 e. The van der Waals surface area contributed by atoms with Gasteiger partial charge in [0.1, 0.15) is 5.75 Å². The van der Waals surface area contributed by atoms with E-state index in [1.807, 2.05) is 18.2 Å². The monoisotopic (exact) mass is 354 g/mol. The predicted octanol–water partition coefficient (Wildman–Crippen LogP) is 4.54. The fourth-order valence-corrected chi connectivity index (χ4v) is 2.25. The summed E-state index contributed by atoms with van der Waals surface area (Å²) in [5.41, 5.74) is 0.852. The lowest BCUT2D eigenvalue weighted by Gasteiger charge is -2.21. The van der Waals surface area contributed by atoms with Crippen LogP contribution in [0.15, 0.2) is 48.5 Å². The third-order valence-corrected chi connectivity index (χ3v) is 3.78. The highest BCUT2D eigenvalue weighted by molar-refractivity contribution is 7.80. The molecule has 2 aromatic carbocycles. The third-order valence-electron chi connectivity index (χ3n) is 3.37. The van der Waals surface area contributed by atoms with Crippen molar-refractivity contribution < 1.29 is 17.9 Å². The first-order chi connectivity index (χ1) is 11.3. The molecular weight excluding hydrogens is 337 g/mol. The Morgan fingerprint density at radius 3 is 2.42 bits per heavy atom. The van der Waals surface area contributed by atoms with Crippen molar-refractivity contribution in [3.05, 3.63) is 59.7 Å². The number of thiocarbonyl (C=S) groups is 1. The van der Waals surface area contributed by atoms with Gasteiger partial charge in [0.25, 0.3) is 0 Å². The molecule has 0 fully saturated rings. The molecule has 3 nitrogen and oxygen atoms in total. The van der Waals surface area contributed by atoms with Gasteiger partial charge in [-0.05, 0) is 42.0 Å². The Morgan fingerprint density at radius 1 is 1.17 bits per heavy atom. The summed E-state index contributed by atoms with van der Waals surface area (Å²) in [6, 6.07) is 12.4. The van der Waals surface area contributed by atoms with Crippen molar-refractivity contribution in [2.75, 3.05) is 19.5 Å². The van der Waals surface area contributed by atoms with E-state index in [0.29, 0.717) is 17.4 Å². The normalized spacial score (nSPS) is 11.0. The first kappa shape index (κ1) is 18.1. The number of halogens is 3. The number of nitrogens with zero attached hydrogens (tertiary/aromatic N) is 1. The molecule has 1 N–H and O–H groups in total. The Bertz CT molecular complexity index is 702. The molecule has 0 aliphatic rings. The van der Waals surface area contributed by atoms with Crippen LogP contribution < -0.4 is 10.1 Å². The lowest BCUT2D eigenvalue weighted by atomic mass is 10.1. The molecular formula is C17H17F3N2OS. The average molecular weight is 354 g/mol. The first-order valence-electron chi connectivity index (χ1n) is 7.12. The van der Waals surface area contributed by atoms with Crippen LogP contribution in [-0.4, -0.2) is 24.2 Å². The predicted molar refractivity (Wildman–Crippen MR) is 92.1 cm³/mol. The number of nitrogens with one attached hydrogen (secondary N) is 1. The molecule has 0 saturated carbocycles.